The first-order valence-electron chi connectivity index (χ1n) is 5.38. The molecule has 0 aliphatic carbocycles. The van der Waals surface area contributed by atoms with E-state index in [9.17, 15) is 4.79 Å². The largest absolute Gasteiger partial charge is 0.399 e. The molecule has 4 nitrogen and oxygen atoms in total. The number of anilines is 1. The molecule has 3 N–H and O–H groups in total. The van der Waals surface area contributed by atoms with Gasteiger partial charge >= 0.3 is 0 Å². The summed E-state index contributed by atoms with van der Waals surface area (Å²) < 4.78 is 0. The lowest BCUT2D eigenvalue weighted by molar-refractivity contribution is 0.0952. The minimum absolute atomic E-state index is 0. The molecule has 0 spiro atoms. The van der Waals surface area contributed by atoms with E-state index in [1.165, 1.54) is 0 Å². The van der Waals surface area contributed by atoms with Crippen molar-refractivity contribution in [3.05, 3.63) is 29.8 Å². The van der Waals surface area contributed by atoms with Crippen LogP contribution in [0.3, 0.4) is 0 Å². The topological polar surface area (TPSA) is 58.4 Å². The highest BCUT2D eigenvalue weighted by Crippen LogP contribution is 2.05. The van der Waals surface area contributed by atoms with Crippen LogP contribution >= 0.6 is 24.8 Å². The Morgan fingerprint density at radius 2 is 2.00 bits per heavy atom. The molecular formula is C12H21Cl2N3O. The molecule has 1 aromatic rings. The number of nitrogens with two attached hydrogens (primary N) is 1. The standard InChI is InChI=1S/C12H19N3O.2ClH/c1-15(2)8-4-7-14-12(16)10-5-3-6-11(13)9-10;;/h3,5-6,9H,4,7-8,13H2,1-2H3,(H,14,16);2*1H. The highest BCUT2D eigenvalue weighted by atomic mass is 35.5. The molecule has 0 fully saturated rings. The van der Waals surface area contributed by atoms with Crippen LogP contribution in [0.1, 0.15) is 16.8 Å². The fourth-order valence-corrected chi connectivity index (χ4v) is 1.38. The lowest BCUT2D eigenvalue weighted by Crippen LogP contribution is -2.27. The summed E-state index contributed by atoms with van der Waals surface area (Å²) in [5.74, 6) is -0.0638. The van der Waals surface area contributed by atoms with Gasteiger partial charge in [0.1, 0.15) is 0 Å². The second-order valence-electron chi connectivity index (χ2n) is 4.04. The van der Waals surface area contributed by atoms with Gasteiger partial charge < -0.3 is 16.0 Å². The summed E-state index contributed by atoms with van der Waals surface area (Å²) in [5.41, 5.74) is 6.83. The van der Waals surface area contributed by atoms with Crippen molar-refractivity contribution >= 4 is 36.4 Å². The van der Waals surface area contributed by atoms with Crippen LogP contribution < -0.4 is 11.1 Å². The Labute approximate surface area is 121 Å². The summed E-state index contributed by atoms with van der Waals surface area (Å²) in [4.78, 5) is 13.8. The highest BCUT2D eigenvalue weighted by Gasteiger charge is 2.04. The van der Waals surface area contributed by atoms with Gasteiger partial charge in [0, 0.05) is 17.8 Å². The number of carbonyl (C=O) groups is 1. The van der Waals surface area contributed by atoms with Crippen molar-refractivity contribution in [1.29, 1.82) is 0 Å². The van der Waals surface area contributed by atoms with Crippen molar-refractivity contribution in [3.8, 4) is 0 Å². The first kappa shape index (κ1) is 19.4. The number of nitrogens with one attached hydrogen (secondary N) is 1. The molecule has 1 amide bonds. The van der Waals surface area contributed by atoms with Crippen molar-refractivity contribution in [1.82, 2.24) is 10.2 Å². The third kappa shape index (κ3) is 7.37. The van der Waals surface area contributed by atoms with E-state index in [4.69, 9.17) is 5.73 Å². The summed E-state index contributed by atoms with van der Waals surface area (Å²) >= 11 is 0. The van der Waals surface area contributed by atoms with Gasteiger partial charge in [0.15, 0.2) is 0 Å². The first-order chi connectivity index (χ1) is 7.59. The maximum absolute atomic E-state index is 11.7. The van der Waals surface area contributed by atoms with Crippen LogP contribution in [0.2, 0.25) is 0 Å². The zero-order chi connectivity index (χ0) is 12.0. The van der Waals surface area contributed by atoms with Crippen LogP contribution in [0.15, 0.2) is 24.3 Å². The number of hydrogen-bond acceptors (Lipinski definition) is 3. The molecule has 0 heterocycles. The molecule has 6 heteroatoms. The Balaban J connectivity index is 0. The average Bonchev–Trinajstić information content (AvgIpc) is 2.24. The van der Waals surface area contributed by atoms with E-state index in [1.807, 2.05) is 14.1 Å². The van der Waals surface area contributed by atoms with Crippen molar-refractivity contribution in [2.24, 2.45) is 0 Å². The predicted octanol–water partition coefficient (Wildman–Crippen LogP) is 1.79. The van der Waals surface area contributed by atoms with Crippen molar-refractivity contribution in [2.75, 3.05) is 32.9 Å². The Morgan fingerprint density at radius 1 is 1.33 bits per heavy atom. The zero-order valence-electron chi connectivity index (χ0n) is 10.7. The maximum atomic E-state index is 11.7. The summed E-state index contributed by atoms with van der Waals surface area (Å²) in [6.07, 6.45) is 0.945. The van der Waals surface area contributed by atoms with Crippen molar-refractivity contribution < 1.29 is 4.79 Å². The molecule has 0 radical (unpaired) electrons. The highest BCUT2D eigenvalue weighted by molar-refractivity contribution is 5.94. The fraction of sp³-hybridized carbons (Fsp3) is 0.417. The number of benzene rings is 1. The minimum Gasteiger partial charge on any atom is -0.399 e. The minimum atomic E-state index is -0.0638. The van der Waals surface area contributed by atoms with E-state index < -0.39 is 0 Å². The van der Waals surface area contributed by atoms with E-state index in [-0.39, 0.29) is 30.7 Å². The molecule has 0 atom stereocenters. The van der Waals surface area contributed by atoms with Gasteiger partial charge in [-0.05, 0) is 45.3 Å². The first-order valence-corrected chi connectivity index (χ1v) is 5.38. The van der Waals surface area contributed by atoms with E-state index in [1.54, 1.807) is 24.3 Å². The summed E-state index contributed by atoms with van der Waals surface area (Å²) in [6, 6.07) is 6.99. The van der Waals surface area contributed by atoms with Crippen LogP contribution in [0.4, 0.5) is 5.69 Å². The number of nitrogens with zero attached hydrogens (tertiary/aromatic N) is 1. The molecule has 0 unspecified atom stereocenters. The number of carbonyl (C=O) groups excluding carboxylic acids is 1. The number of amides is 1. The zero-order valence-corrected chi connectivity index (χ0v) is 12.3. The van der Waals surface area contributed by atoms with Gasteiger partial charge in [0.25, 0.3) is 5.91 Å². The number of halogens is 2. The van der Waals surface area contributed by atoms with E-state index >= 15 is 0 Å². The van der Waals surface area contributed by atoms with Crippen LogP contribution in [0, 0.1) is 0 Å². The van der Waals surface area contributed by atoms with Crippen LogP contribution in [0.5, 0.6) is 0 Å². The number of nitrogen functional groups attached to an aromatic ring is 1. The quantitative estimate of drug-likeness (QED) is 0.643. The molecule has 0 saturated carbocycles. The van der Waals surface area contributed by atoms with Crippen LogP contribution in [-0.4, -0.2) is 38.0 Å². The Hall–Kier alpha value is -0.970. The lowest BCUT2D eigenvalue weighted by Gasteiger charge is -2.10. The summed E-state index contributed by atoms with van der Waals surface area (Å²) in [5, 5.41) is 2.86. The summed E-state index contributed by atoms with van der Waals surface area (Å²) in [6.45, 7) is 1.66. The monoisotopic (exact) mass is 293 g/mol. The average molecular weight is 294 g/mol. The second kappa shape index (κ2) is 10.00. The Bertz CT molecular complexity index is 359. The normalized spacial score (nSPS) is 9.28. The van der Waals surface area contributed by atoms with Gasteiger partial charge in [0.2, 0.25) is 0 Å². The lowest BCUT2D eigenvalue weighted by atomic mass is 10.2. The Morgan fingerprint density at radius 3 is 2.56 bits per heavy atom. The second-order valence-corrected chi connectivity index (χ2v) is 4.04. The van der Waals surface area contributed by atoms with Crippen molar-refractivity contribution in [3.63, 3.8) is 0 Å². The molecule has 0 aromatic heterocycles. The van der Waals surface area contributed by atoms with Gasteiger partial charge in [-0.3, -0.25) is 4.79 Å². The molecule has 0 bridgehead atoms. The number of hydrogen-bond donors (Lipinski definition) is 2. The van der Waals surface area contributed by atoms with Gasteiger partial charge in [-0.2, -0.15) is 0 Å². The predicted molar refractivity (Wildman–Crippen MR) is 80.9 cm³/mol. The molecule has 104 valence electrons. The Kier molecular flexibility index (Phi) is 10.8. The molecule has 0 aliphatic rings. The van der Waals surface area contributed by atoms with Gasteiger partial charge in [-0.15, -0.1) is 24.8 Å². The molecule has 0 aliphatic heterocycles. The van der Waals surface area contributed by atoms with E-state index in [2.05, 4.69) is 10.2 Å². The third-order valence-electron chi connectivity index (χ3n) is 2.22. The maximum Gasteiger partial charge on any atom is 0.251 e. The molecule has 1 rings (SSSR count). The molecule has 1 aromatic carbocycles. The van der Waals surface area contributed by atoms with Crippen LogP contribution in [-0.2, 0) is 0 Å². The number of rotatable bonds is 5. The van der Waals surface area contributed by atoms with Gasteiger partial charge in [0.05, 0.1) is 0 Å². The van der Waals surface area contributed by atoms with Gasteiger partial charge in [-0.25, -0.2) is 0 Å². The molecular weight excluding hydrogens is 273 g/mol. The van der Waals surface area contributed by atoms with E-state index in [0.29, 0.717) is 17.8 Å². The van der Waals surface area contributed by atoms with Crippen molar-refractivity contribution in [2.45, 2.75) is 6.42 Å². The van der Waals surface area contributed by atoms with Crippen LogP contribution in [0.25, 0.3) is 0 Å². The molecule has 0 saturated heterocycles. The molecule has 18 heavy (non-hydrogen) atoms. The van der Waals surface area contributed by atoms with Gasteiger partial charge in [-0.1, -0.05) is 6.07 Å². The fourth-order valence-electron chi connectivity index (χ4n) is 1.38. The summed E-state index contributed by atoms with van der Waals surface area (Å²) in [7, 11) is 4.03. The third-order valence-corrected chi connectivity index (χ3v) is 2.22. The SMILES string of the molecule is CN(C)CCCNC(=O)c1cccc(N)c1.Cl.Cl. The smallest absolute Gasteiger partial charge is 0.251 e. The van der Waals surface area contributed by atoms with E-state index in [0.717, 1.165) is 13.0 Å².